The molecule has 3 rings (SSSR count). The zero-order valence-electron chi connectivity index (χ0n) is 13.4. The van der Waals surface area contributed by atoms with E-state index >= 15 is 0 Å². The van der Waals surface area contributed by atoms with E-state index < -0.39 is 5.91 Å². The van der Waals surface area contributed by atoms with E-state index in [4.69, 9.17) is 5.73 Å². The predicted molar refractivity (Wildman–Crippen MR) is 91.5 cm³/mol. The van der Waals surface area contributed by atoms with Crippen LogP contribution in [0.5, 0.6) is 0 Å². The minimum Gasteiger partial charge on any atom is -0.367 e. The van der Waals surface area contributed by atoms with Crippen LogP contribution in [0.4, 0.5) is 17.5 Å². The highest BCUT2D eigenvalue weighted by atomic mass is 16.1. The number of rotatable bonds is 6. The number of Topliss-reactive ketones (excluding diaryl/α,β-unsaturated/α-hetero) is 1. The smallest absolute Gasteiger partial charge is 0.254 e. The highest BCUT2D eigenvalue weighted by molar-refractivity contribution is 5.97. The third kappa shape index (κ3) is 3.51. The fourth-order valence-corrected chi connectivity index (χ4v) is 2.40. The summed E-state index contributed by atoms with van der Waals surface area (Å²) in [5.41, 5.74) is 7.05. The summed E-state index contributed by atoms with van der Waals surface area (Å²) in [6.45, 7) is 1.52. The number of hydrogen-bond donors (Lipinski definition) is 3. The van der Waals surface area contributed by atoms with E-state index in [-0.39, 0.29) is 11.3 Å². The van der Waals surface area contributed by atoms with Crippen molar-refractivity contribution in [3.8, 4) is 0 Å². The first-order valence-corrected chi connectivity index (χ1v) is 7.84. The molecule has 2 aromatic rings. The van der Waals surface area contributed by atoms with Crippen LogP contribution in [-0.4, -0.2) is 27.7 Å². The molecule has 7 heteroatoms. The fourth-order valence-electron chi connectivity index (χ4n) is 2.40. The molecule has 124 valence electrons. The Labute approximate surface area is 139 Å². The van der Waals surface area contributed by atoms with Crippen molar-refractivity contribution in [3.63, 3.8) is 0 Å². The number of carbonyl (C=O) groups excluding carboxylic acids is 2. The number of nitrogens with zero attached hydrogens (tertiary/aromatic N) is 2. The summed E-state index contributed by atoms with van der Waals surface area (Å²) in [6, 6.07) is 7.34. The van der Waals surface area contributed by atoms with Gasteiger partial charge in [-0.3, -0.25) is 9.59 Å². The van der Waals surface area contributed by atoms with Gasteiger partial charge in [-0.05, 0) is 50.5 Å². The van der Waals surface area contributed by atoms with E-state index in [9.17, 15) is 9.59 Å². The highest BCUT2D eigenvalue weighted by Crippen LogP contribution is 2.25. The van der Waals surface area contributed by atoms with Gasteiger partial charge >= 0.3 is 0 Å². The molecule has 0 atom stereocenters. The molecule has 0 unspecified atom stereocenters. The minimum absolute atomic E-state index is 0.00981. The fraction of sp³-hybridized carbons (Fsp3) is 0.294. The molecule has 24 heavy (non-hydrogen) atoms. The summed E-state index contributed by atoms with van der Waals surface area (Å²) in [6.07, 6.45) is 4.69. The van der Waals surface area contributed by atoms with E-state index in [1.54, 1.807) is 24.3 Å². The number of hydrogen-bond acceptors (Lipinski definition) is 6. The summed E-state index contributed by atoms with van der Waals surface area (Å²) < 4.78 is 0. The van der Waals surface area contributed by atoms with Crippen molar-refractivity contribution in [2.75, 3.05) is 10.6 Å². The molecule has 1 aliphatic carbocycles. The highest BCUT2D eigenvalue weighted by Gasteiger charge is 2.21. The van der Waals surface area contributed by atoms with Gasteiger partial charge in [-0.2, -0.15) is 4.98 Å². The summed E-state index contributed by atoms with van der Waals surface area (Å²) in [7, 11) is 0. The van der Waals surface area contributed by atoms with Crippen LogP contribution in [0.1, 0.15) is 46.9 Å². The normalized spacial score (nSPS) is 13.9. The number of ketones is 1. The first kappa shape index (κ1) is 15.9. The van der Waals surface area contributed by atoms with Gasteiger partial charge in [-0.25, -0.2) is 4.98 Å². The molecule has 0 saturated heterocycles. The van der Waals surface area contributed by atoms with E-state index in [0.29, 0.717) is 23.4 Å². The monoisotopic (exact) mass is 325 g/mol. The first-order chi connectivity index (χ1) is 11.5. The average Bonchev–Trinajstić information content (AvgIpc) is 2.51. The van der Waals surface area contributed by atoms with Gasteiger partial charge in [0.1, 0.15) is 5.82 Å². The van der Waals surface area contributed by atoms with Crippen molar-refractivity contribution in [1.29, 1.82) is 0 Å². The Kier molecular flexibility index (Phi) is 4.41. The summed E-state index contributed by atoms with van der Waals surface area (Å²) >= 11 is 0. The number of nitrogens with two attached hydrogens (primary N) is 1. The second kappa shape index (κ2) is 6.66. The van der Waals surface area contributed by atoms with E-state index in [2.05, 4.69) is 20.6 Å². The Bertz CT molecular complexity index is 769. The van der Waals surface area contributed by atoms with Gasteiger partial charge in [0, 0.05) is 23.5 Å². The predicted octanol–water partition coefficient (Wildman–Crippen LogP) is 2.49. The lowest BCUT2D eigenvalue weighted by Gasteiger charge is -2.27. The van der Waals surface area contributed by atoms with Gasteiger partial charge in [0.25, 0.3) is 5.91 Å². The molecule has 4 N–H and O–H groups in total. The van der Waals surface area contributed by atoms with Crippen molar-refractivity contribution in [2.45, 2.75) is 32.2 Å². The van der Waals surface area contributed by atoms with Crippen LogP contribution in [0.3, 0.4) is 0 Å². The maximum atomic E-state index is 11.5. The topological polar surface area (TPSA) is 110 Å². The zero-order chi connectivity index (χ0) is 17.1. The van der Waals surface area contributed by atoms with Crippen molar-refractivity contribution in [1.82, 2.24) is 9.97 Å². The summed E-state index contributed by atoms with van der Waals surface area (Å²) in [5.74, 6) is 0.257. The number of aromatic nitrogens is 2. The molecule has 1 heterocycles. The van der Waals surface area contributed by atoms with E-state index in [0.717, 1.165) is 18.5 Å². The van der Waals surface area contributed by atoms with Crippen LogP contribution < -0.4 is 16.4 Å². The van der Waals surface area contributed by atoms with E-state index in [1.165, 1.54) is 19.5 Å². The van der Waals surface area contributed by atoms with Crippen LogP contribution in [-0.2, 0) is 0 Å². The Morgan fingerprint density at radius 2 is 1.92 bits per heavy atom. The second-order valence-corrected chi connectivity index (χ2v) is 5.85. The number of nitrogens with one attached hydrogen (secondary N) is 2. The molecule has 1 fully saturated rings. The number of amides is 1. The Morgan fingerprint density at radius 1 is 1.21 bits per heavy atom. The third-order valence-electron chi connectivity index (χ3n) is 4.05. The van der Waals surface area contributed by atoms with E-state index in [1.807, 2.05) is 0 Å². The molecule has 1 aromatic heterocycles. The summed E-state index contributed by atoms with van der Waals surface area (Å²) in [5, 5.41) is 6.30. The molecule has 1 aliphatic rings. The van der Waals surface area contributed by atoms with Crippen molar-refractivity contribution in [2.24, 2.45) is 5.73 Å². The van der Waals surface area contributed by atoms with Crippen molar-refractivity contribution in [3.05, 3.63) is 41.6 Å². The second-order valence-electron chi connectivity index (χ2n) is 5.85. The quantitative estimate of drug-likeness (QED) is 0.704. The molecular weight excluding hydrogens is 306 g/mol. The number of benzene rings is 1. The Hall–Kier alpha value is -2.96. The third-order valence-corrected chi connectivity index (χ3v) is 4.05. The summed E-state index contributed by atoms with van der Waals surface area (Å²) in [4.78, 5) is 31.3. The molecule has 7 nitrogen and oxygen atoms in total. The molecular formula is C17H19N5O2. The Morgan fingerprint density at radius 3 is 2.46 bits per heavy atom. The van der Waals surface area contributed by atoms with Gasteiger partial charge in [0.05, 0.1) is 5.56 Å². The molecule has 0 spiro atoms. The average molecular weight is 325 g/mol. The van der Waals surface area contributed by atoms with Crippen molar-refractivity contribution >= 4 is 29.1 Å². The maximum absolute atomic E-state index is 11.5. The van der Waals surface area contributed by atoms with Crippen LogP contribution in [0.15, 0.2) is 30.5 Å². The van der Waals surface area contributed by atoms with Gasteiger partial charge in [0.15, 0.2) is 5.78 Å². The lowest BCUT2D eigenvalue weighted by atomic mass is 9.93. The molecule has 1 aromatic carbocycles. The zero-order valence-corrected chi connectivity index (χ0v) is 13.4. The maximum Gasteiger partial charge on any atom is 0.254 e. The molecule has 0 bridgehead atoms. The lowest BCUT2D eigenvalue weighted by molar-refractivity contribution is 0.0996. The first-order valence-electron chi connectivity index (χ1n) is 7.84. The van der Waals surface area contributed by atoms with Gasteiger partial charge in [-0.15, -0.1) is 0 Å². The SMILES string of the molecule is CC(=O)c1ccc(Nc2ncc(C(N)=O)c(NC3CCC3)n2)cc1. The molecule has 1 saturated carbocycles. The molecule has 0 aliphatic heterocycles. The number of anilines is 3. The minimum atomic E-state index is -0.561. The van der Waals surface area contributed by atoms with Crippen LogP contribution >= 0.6 is 0 Å². The lowest BCUT2D eigenvalue weighted by Crippen LogP contribution is -2.29. The van der Waals surface area contributed by atoms with Crippen molar-refractivity contribution < 1.29 is 9.59 Å². The van der Waals surface area contributed by atoms with Gasteiger partial charge < -0.3 is 16.4 Å². The van der Waals surface area contributed by atoms with Gasteiger partial charge in [-0.1, -0.05) is 0 Å². The number of primary amides is 1. The standard InChI is InChI=1S/C17H19N5O2/c1-10(23)11-5-7-13(8-6-11)21-17-19-9-14(15(18)24)16(22-17)20-12-3-2-4-12/h5-9,12H,2-4H2,1H3,(H2,18,24)(H2,19,20,21,22). The molecule has 0 radical (unpaired) electrons. The molecule has 1 amide bonds. The van der Waals surface area contributed by atoms with Crippen LogP contribution in [0.25, 0.3) is 0 Å². The Balaban J connectivity index is 1.80. The van der Waals surface area contributed by atoms with Crippen LogP contribution in [0, 0.1) is 0 Å². The van der Waals surface area contributed by atoms with Crippen LogP contribution in [0.2, 0.25) is 0 Å². The largest absolute Gasteiger partial charge is 0.367 e. The van der Waals surface area contributed by atoms with Gasteiger partial charge in [0.2, 0.25) is 5.95 Å². The number of carbonyl (C=O) groups is 2.